The van der Waals surface area contributed by atoms with E-state index >= 15 is 0 Å². The standard InChI is InChI=1S/C23H25.3ClH.Ti/c1-15-8-6-10-20(12-15)23(21-11-7-9-16(2)13-21)22-14-17(3)18(4)19(22)5;;;;/h6-14,23H,1-5H3;3*1H;/q;;;;+3/p-3. The van der Waals surface area contributed by atoms with Gasteiger partial charge in [0, 0.05) is 0 Å². The van der Waals surface area contributed by atoms with E-state index in [1.165, 1.54) is 39.0 Å². The van der Waals surface area contributed by atoms with Crippen LogP contribution in [0.25, 0.3) is 0 Å². The number of allylic oxidation sites excluding steroid dienone is 4. The summed E-state index contributed by atoms with van der Waals surface area (Å²) in [6.07, 6.45) is 2.48. The molecule has 0 aromatic heterocycles. The third-order valence-electron chi connectivity index (χ3n) is 5.42. The largest absolute Gasteiger partial charge is 1.00 e. The van der Waals surface area contributed by atoms with Crippen molar-refractivity contribution in [3.05, 3.63) is 93.6 Å². The maximum absolute atomic E-state index is 2.48. The zero-order valence-electron chi connectivity index (χ0n) is 16.4. The molecule has 2 aromatic rings. The van der Waals surface area contributed by atoms with E-state index in [1.807, 2.05) is 0 Å². The fourth-order valence-electron chi connectivity index (χ4n) is 3.88. The minimum atomic E-state index is 0. The number of benzene rings is 2. The molecule has 0 aliphatic heterocycles. The van der Waals surface area contributed by atoms with Crippen LogP contribution >= 0.6 is 0 Å². The van der Waals surface area contributed by atoms with Gasteiger partial charge in [-0.3, -0.25) is 0 Å². The molecular formula is C23H25Cl3Ti. The van der Waals surface area contributed by atoms with Gasteiger partial charge in [0.05, 0.1) is 0 Å². The number of hydrogen-bond acceptors (Lipinski definition) is 0. The number of hydrogen-bond donors (Lipinski definition) is 0. The van der Waals surface area contributed by atoms with Crippen molar-refractivity contribution in [2.24, 2.45) is 0 Å². The number of rotatable bonds is 3. The van der Waals surface area contributed by atoms with E-state index in [9.17, 15) is 0 Å². The predicted octanol–water partition coefficient (Wildman–Crippen LogP) is -2.55. The molecule has 2 aromatic carbocycles. The van der Waals surface area contributed by atoms with Crippen LogP contribution in [0.1, 0.15) is 48.9 Å². The van der Waals surface area contributed by atoms with Crippen molar-refractivity contribution in [2.75, 3.05) is 0 Å². The maximum Gasteiger partial charge on any atom is -1.00 e. The Balaban J connectivity index is 0.00000225. The van der Waals surface area contributed by atoms with Gasteiger partial charge in [0.25, 0.3) is 0 Å². The fraction of sp³-hybridized carbons (Fsp3) is 0.304. The molecular weight excluding hydrogens is 430 g/mol. The van der Waals surface area contributed by atoms with E-state index in [2.05, 4.69) is 110 Å². The molecule has 0 amide bonds. The van der Waals surface area contributed by atoms with E-state index in [0.29, 0.717) is 5.92 Å². The van der Waals surface area contributed by atoms with Crippen molar-refractivity contribution in [3.63, 3.8) is 0 Å². The molecule has 1 atom stereocenters. The third kappa shape index (κ3) is 5.11. The van der Waals surface area contributed by atoms with E-state index in [-0.39, 0.29) is 40.9 Å². The zero-order valence-corrected chi connectivity index (χ0v) is 20.2. The van der Waals surface area contributed by atoms with Crippen LogP contribution in [-0.4, -0.2) is 0 Å². The van der Waals surface area contributed by atoms with Gasteiger partial charge >= 0.3 is 158 Å². The van der Waals surface area contributed by atoms with Crippen LogP contribution in [0.3, 0.4) is 0 Å². The van der Waals surface area contributed by atoms with E-state index in [4.69, 9.17) is 0 Å². The molecule has 1 aliphatic rings. The predicted molar refractivity (Wildman–Crippen MR) is 99.0 cm³/mol. The molecule has 1 aliphatic carbocycles. The van der Waals surface area contributed by atoms with Crippen LogP contribution in [0.2, 0.25) is 3.72 Å². The third-order valence-corrected chi connectivity index (χ3v) is 6.69. The minimum Gasteiger partial charge on any atom is -1.00 e. The van der Waals surface area contributed by atoms with Crippen molar-refractivity contribution < 1.29 is 57.7 Å². The summed E-state index contributed by atoms with van der Waals surface area (Å²) in [4.78, 5) is 0. The number of halogens is 3. The molecule has 0 fully saturated rings. The average Bonchev–Trinajstić information content (AvgIpc) is 2.71. The smallest absolute Gasteiger partial charge is 1.00 e. The monoisotopic (exact) mass is 454 g/mol. The van der Waals surface area contributed by atoms with Crippen LogP contribution in [0.4, 0.5) is 0 Å². The normalized spacial score (nSPS) is 18.4. The summed E-state index contributed by atoms with van der Waals surface area (Å²) < 4.78 is 0.0236. The second-order valence-electron chi connectivity index (χ2n) is 7.21. The Morgan fingerprint density at radius 2 is 1.19 bits per heavy atom. The first-order chi connectivity index (χ1) is 11.3. The van der Waals surface area contributed by atoms with Crippen molar-refractivity contribution in [1.29, 1.82) is 0 Å². The van der Waals surface area contributed by atoms with E-state index in [1.54, 1.807) is 0 Å². The summed E-state index contributed by atoms with van der Waals surface area (Å²) in [5.74, 6) is 0.338. The summed E-state index contributed by atoms with van der Waals surface area (Å²) in [7, 11) is 0. The van der Waals surface area contributed by atoms with Crippen LogP contribution < -0.4 is 37.2 Å². The Kier molecular flexibility index (Phi) is 10.1. The quantitative estimate of drug-likeness (QED) is 0.447. The first-order valence-corrected chi connectivity index (χ1v) is 9.37. The molecule has 142 valence electrons. The van der Waals surface area contributed by atoms with Crippen molar-refractivity contribution >= 4 is 0 Å². The summed E-state index contributed by atoms with van der Waals surface area (Å²) in [6, 6.07) is 18.0. The summed E-state index contributed by atoms with van der Waals surface area (Å²) in [5, 5.41) is 0. The van der Waals surface area contributed by atoms with Crippen LogP contribution in [0, 0.1) is 13.8 Å². The van der Waals surface area contributed by atoms with Gasteiger partial charge in [-0.15, -0.1) is 0 Å². The summed E-state index contributed by atoms with van der Waals surface area (Å²) in [6.45, 7) is 11.2. The molecule has 27 heavy (non-hydrogen) atoms. The second-order valence-corrected chi connectivity index (χ2v) is 8.50. The van der Waals surface area contributed by atoms with Gasteiger partial charge in [0.1, 0.15) is 0 Å². The van der Waals surface area contributed by atoms with Crippen molar-refractivity contribution in [2.45, 2.75) is 44.3 Å². The topological polar surface area (TPSA) is 0 Å². The molecule has 1 unspecified atom stereocenters. The van der Waals surface area contributed by atoms with Crippen LogP contribution in [-0.2, 0) is 20.4 Å². The van der Waals surface area contributed by atoms with Gasteiger partial charge in [0.2, 0.25) is 0 Å². The van der Waals surface area contributed by atoms with Gasteiger partial charge in [-0.1, -0.05) is 0 Å². The summed E-state index contributed by atoms with van der Waals surface area (Å²) in [5.41, 5.74) is 9.81. The first kappa shape index (κ1) is 26.5. The van der Waals surface area contributed by atoms with E-state index in [0.717, 1.165) is 0 Å². The molecule has 0 nitrogen and oxygen atoms in total. The fourth-order valence-corrected chi connectivity index (χ4v) is 5.03. The van der Waals surface area contributed by atoms with Gasteiger partial charge in [-0.2, -0.15) is 0 Å². The van der Waals surface area contributed by atoms with Crippen molar-refractivity contribution in [3.8, 4) is 0 Å². The molecule has 4 heteroatoms. The Labute approximate surface area is 194 Å². The number of aryl methyl sites for hydroxylation is 2. The van der Waals surface area contributed by atoms with Gasteiger partial charge in [-0.25, -0.2) is 0 Å². The molecule has 0 heterocycles. The van der Waals surface area contributed by atoms with Gasteiger partial charge in [-0.05, 0) is 0 Å². The molecule has 0 spiro atoms. The zero-order chi connectivity index (χ0) is 17.5. The Morgan fingerprint density at radius 3 is 1.52 bits per heavy atom. The Morgan fingerprint density at radius 1 is 0.741 bits per heavy atom. The Hall–Kier alpha value is -0.496. The molecule has 0 bridgehead atoms. The van der Waals surface area contributed by atoms with Crippen LogP contribution in [0.5, 0.6) is 0 Å². The van der Waals surface area contributed by atoms with E-state index < -0.39 is 0 Å². The first-order valence-electron chi connectivity index (χ1n) is 8.59. The Bertz CT molecular complexity index is 809. The second kappa shape index (κ2) is 10.3. The molecule has 0 saturated carbocycles. The van der Waals surface area contributed by atoms with Crippen molar-refractivity contribution in [1.82, 2.24) is 0 Å². The molecule has 0 saturated heterocycles. The molecule has 0 radical (unpaired) electrons. The average molecular weight is 456 g/mol. The van der Waals surface area contributed by atoms with Gasteiger partial charge < -0.3 is 37.2 Å². The minimum absolute atomic E-state index is 0. The summed E-state index contributed by atoms with van der Waals surface area (Å²) >= 11 is 2.40. The molecule has 3 rings (SSSR count). The molecule has 0 N–H and O–H groups in total. The maximum atomic E-state index is 2.48. The van der Waals surface area contributed by atoms with Gasteiger partial charge in [0.15, 0.2) is 0 Å². The van der Waals surface area contributed by atoms with Crippen LogP contribution in [0.15, 0.2) is 71.3 Å². The SMILES string of the molecule is CC1=C[C]([Ti+3])(C(c2cccc(C)c2)c2cccc(C)c2)C(C)=C1C.[Cl-].[Cl-].[Cl-].